The van der Waals surface area contributed by atoms with Gasteiger partial charge < -0.3 is 9.64 Å². The molecule has 5 heteroatoms. The van der Waals surface area contributed by atoms with Crippen LogP contribution in [0.1, 0.15) is 34.0 Å². The second-order valence-electron chi connectivity index (χ2n) is 5.42. The number of ether oxygens (including phenoxy) is 1. The molecule has 0 saturated carbocycles. The van der Waals surface area contributed by atoms with Gasteiger partial charge >= 0.3 is 0 Å². The molecule has 0 spiro atoms. The Morgan fingerprint density at radius 1 is 1.09 bits per heavy atom. The van der Waals surface area contributed by atoms with Crippen molar-refractivity contribution in [1.29, 1.82) is 0 Å². The Kier molecular flexibility index (Phi) is 4.67. The Bertz CT molecular complexity index is 658. The van der Waals surface area contributed by atoms with E-state index in [4.69, 9.17) is 4.74 Å². The molecular weight excluding hydrogens is 300 g/mol. The van der Waals surface area contributed by atoms with E-state index in [0.717, 1.165) is 5.56 Å². The quantitative estimate of drug-likeness (QED) is 0.861. The summed E-state index contributed by atoms with van der Waals surface area (Å²) in [4.78, 5) is 14.5. The number of morpholine rings is 1. The van der Waals surface area contributed by atoms with Gasteiger partial charge in [-0.3, -0.25) is 4.79 Å². The highest BCUT2D eigenvalue weighted by Crippen LogP contribution is 2.26. The summed E-state index contributed by atoms with van der Waals surface area (Å²) in [5.74, 6) is -0.164. The predicted molar refractivity (Wildman–Crippen MR) is 82.4 cm³/mol. The van der Waals surface area contributed by atoms with Gasteiger partial charge in [0.1, 0.15) is 0 Å². The number of rotatable bonds is 3. The third kappa shape index (κ3) is 3.40. The molecule has 0 N–H and O–H groups in total. The van der Waals surface area contributed by atoms with Gasteiger partial charge in [0.15, 0.2) is 0 Å². The lowest BCUT2D eigenvalue weighted by Crippen LogP contribution is -2.43. The average Bonchev–Trinajstić information content (AvgIpc) is 2.62. The summed E-state index contributed by atoms with van der Waals surface area (Å²) >= 11 is 0. The highest BCUT2D eigenvalue weighted by Gasteiger charge is 2.29. The van der Waals surface area contributed by atoms with Crippen LogP contribution in [-0.2, 0) is 4.74 Å². The van der Waals surface area contributed by atoms with Gasteiger partial charge in [-0.1, -0.05) is 42.5 Å². The lowest BCUT2D eigenvalue weighted by Gasteiger charge is -2.36. The van der Waals surface area contributed by atoms with Gasteiger partial charge in [0.2, 0.25) is 0 Å². The van der Waals surface area contributed by atoms with Crippen LogP contribution in [0.4, 0.5) is 8.78 Å². The van der Waals surface area contributed by atoms with E-state index in [1.807, 2.05) is 30.3 Å². The summed E-state index contributed by atoms with van der Waals surface area (Å²) in [5, 5.41) is 0. The number of hydrogen-bond acceptors (Lipinski definition) is 2. The van der Waals surface area contributed by atoms with Gasteiger partial charge in [0.05, 0.1) is 19.3 Å². The zero-order valence-electron chi connectivity index (χ0n) is 12.5. The standard InChI is InChI=1S/C18H17F2NO2/c19-17(20)14-6-8-15(9-7-14)18(22)21-10-11-23-12-16(21)13-4-2-1-3-5-13/h1-9,16-17H,10-12H2/t16-/m1/s1. The van der Waals surface area contributed by atoms with Crippen molar-refractivity contribution in [1.82, 2.24) is 4.90 Å². The summed E-state index contributed by atoms with van der Waals surface area (Å²) < 4.78 is 30.8. The molecule has 1 amide bonds. The number of nitrogens with zero attached hydrogens (tertiary/aromatic N) is 1. The molecule has 0 unspecified atom stereocenters. The Morgan fingerprint density at radius 2 is 1.78 bits per heavy atom. The van der Waals surface area contributed by atoms with Gasteiger partial charge in [-0.2, -0.15) is 0 Å². The third-order valence-corrected chi connectivity index (χ3v) is 3.98. The first-order valence-electron chi connectivity index (χ1n) is 7.48. The average molecular weight is 317 g/mol. The van der Waals surface area contributed by atoms with E-state index in [9.17, 15) is 13.6 Å². The first-order valence-corrected chi connectivity index (χ1v) is 7.48. The number of carbonyl (C=O) groups excluding carboxylic acids is 1. The van der Waals surface area contributed by atoms with E-state index in [0.29, 0.717) is 25.3 Å². The number of hydrogen-bond donors (Lipinski definition) is 0. The molecular formula is C18H17F2NO2. The molecule has 0 aliphatic carbocycles. The van der Waals surface area contributed by atoms with Crippen molar-refractivity contribution in [3.63, 3.8) is 0 Å². The molecule has 1 aliphatic heterocycles. The normalized spacial score (nSPS) is 18.2. The van der Waals surface area contributed by atoms with E-state index in [2.05, 4.69) is 0 Å². The minimum Gasteiger partial charge on any atom is -0.377 e. The van der Waals surface area contributed by atoms with Crippen LogP contribution >= 0.6 is 0 Å². The molecule has 1 aliphatic rings. The topological polar surface area (TPSA) is 29.5 Å². The van der Waals surface area contributed by atoms with E-state index in [1.165, 1.54) is 24.3 Å². The van der Waals surface area contributed by atoms with Gasteiger partial charge in [-0.15, -0.1) is 0 Å². The summed E-state index contributed by atoms with van der Waals surface area (Å²) in [5.41, 5.74) is 1.34. The first-order chi connectivity index (χ1) is 11.2. The van der Waals surface area contributed by atoms with Crippen molar-refractivity contribution in [3.8, 4) is 0 Å². The highest BCUT2D eigenvalue weighted by molar-refractivity contribution is 5.94. The van der Waals surface area contributed by atoms with Crippen molar-refractivity contribution in [3.05, 3.63) is 71.3 Å². The fraction of sp³-hybridized carbons (Fsp3) is 0.278. The largest absolute Gasteiger partial charge is 0.377 e. The van der Waals surface area contributed by atoms with Crippen LogP contribution in [0.25, 0.3) is 0 Å². The lowest BCUT2D eigenvalue weighted by molar-refractivity contribution is -0.00270. The molecule has 1 heterocycles. The second-order valence-corrected chi connectivity index (χ2v) is 5.42. The monoisotopic (exact) mass is 317 g/mol. The van der Waals surface area contributed by atoms with Crippen molar-refractivity contribution < 1.29 is 18.3 Å². The Balaban J connectivity index is 1.84. The Hall–Kier alpha value is -2.27. The predicted octanol–water partition coefficient (Wildman–Crippen LogP) is 3.84. The van der Waals surface area contributed by atoms with Crippen molar-refractivity contribution in [2.45, 2.75) is 12.5 Å². The molecule has 2 aromatic rings. The molecule has 1 atom stereocenters. The first kappa shape index (κ1) is 15.6. The van der Waals surface area contributed by atoms with E-state index >= 15 is 0 Å². The summed E-state index contributed by atoms with van der Waals surface area (Å²) in [6, 6.07) is 15.0. The number of benzene rings is 2. The van der Waals surface area contributed by atoms with Crippen molar-refractivity contribution in [2.75, 3.05) is 19.8 Å². The fourth-order valence-electron chi connectivity index (χ4n) is 2.74. The van der Waals surface area contributed by atoms with Gasteiger partial charge in [0.25, 0.3) is 12.3 Å². The molecule has 120 valence electrons. The van der Waals surface area contributed by atoms with Crippen LogP contribution in [-0.4, -0.2) is 30.6 Å². The Morgan fingerprint density at radius 3 is 2.43 bits per heavy atom. The number of amides is 1. The Labute approximate surface area is 133 Å². The van der Waals surface area contributed by atoms with Crippen molar-refractivity contribution >= 4 is 5.91 Å². The van der Waals surface area contributed by atoms with Crippen LogP contribution in [0.3, 0.4) is 0 Å². The van der Waals surface area contributed by atoms with Gasteiger partial charge in [0, 0.05) is 17.7 Å². The molecule has 3 nitrogen and oxygen atoms in total. The van der Waals surface area contributed by atoms with Gasteiger partial charge in [-0.05, 0) is 17.7 Å². The molecule has 0 radical (unpaired) electrons. The molecule has 1 fully saturated rings. The SMILES string of the molecule is O=C(c1ccc(C(F)F)cc1)N1CCOC[C@@H]1c1ccccc1. The molecule has 3 rings (SSSR count). The van der Waals surface area contributed by atoms with E-state index in [1.54, 1.807) is 4.90 Å². The number of halogens is 2. The second kappa shape index (κ2) is 6.87. The zero-order chi connectivity index (χ0) is 16.2. The maximum absolute atomic E-state index is 12.7. The molecule has 1 saturated heterocycles. The lowest BCUT2D eigenvalue weighted by atomic mass is 10.0. The van der Waals surface area contributed by atoms with Crippen LogP contribution in [0.5, 0.6) is 0 Å². The maximum atomic E-state index is 12.7. The third-order valence-electron chi connectivity index (χ3n) is 3.98. The highest BCUT2D eigenvalue weighted by atomic mass is 19.3. The van der Waals surface area contributed by atoms with Crippen LogP contribution in [0.2, 0.25) is 0 Å². The molecule has 0 aromatic heterocycles. The maximum Gasteiger partial charge on any atom is 0.263 e. The zero-order valence-corrected chi connectivity index (χ0v) is 12.5. The van der Waals surface area contributed by atoms with Crippen molar-refractivity contribution in [2.24, 2.45) is 0 Å². The van der Waals surface area contributed by atoms with Gasteiger partial charge in [-0.25, -0.2) is 8.78 Å². The summed E-state index contributed by atoms with van der Waals surface area (Å²) in [7, 11) is 0. The van der Waals surface area contributed by atoms with Crippen LogP contribution in [0.15, 0.2) is 54.6 Å². The number of carbonyl (C=O) groups is 1. The fourth-order valence-corrected chi connectivity index (χ4v) is 2.74. The molecule has 2 aromatic carbocycles. The summed E-state index contributed by atoms with van der Waals surface area (Å²) in [6.45, 7) is 1.39. The molecule has 23 heavy (non-hydrogen) atoms. The van der Waals surface area contributed by atoms with Crippen LogP contribution < -0.4 is 0 Å². The smallest absolute Gasteiger partial charge is 0.263 e. The summed E-state index contributed by atoms with van der Waals surface area (Å²) in [6.07, 6.45) is -2.53. The minimum absolute atomic E-state index is 0.0804. The van der Waals surface area contributed by atoms with Crippen LogP contribution in [0, 0.1) is 0 Å². The van der Waals surface area contributed by atoms with E-state index < -0.39 is 6.43 Å². The number of alkyl halides is 2. The van der Waals surface area contributed by atoms with E-state index in [-0.39, 0.29) is 17.5 Å². The minimum atomic E-state index is -2.53. The molecule has 0 bridgehead atoms.